The van der Waals surface area contributed by atoms with Crippen LogP contribution in [-0.4, -0.2) is 47.2 Å². The summed E-state index contributed by atoms with van der Waals surface area (Å²) in [5.41, 5.74) is -0.465. The van der Waals surface area contributed by atoms with Crippen molar-refractivity contribution in [3.8, 4) is 34.1 Å². The number of ether oxygens (including phenoxy) is 4. The van der Waals surface area contributed by atoms with E-state index in [9.17, 15) is 22.6 Å². The van der Waals surface area contributed by atoms with E-state index in [4.69, 9.17) is 18.9 Å². The van der Waals surface area contributed by atoms with Gasteiger partial charge in [-0.3, -0.25) is 0 Å². The Morgan fingerprint density at radius 1 is 0.688 bits per heavy atom. The van der Waals surface area contributed by atoms with E-state index in [-0.39, 0.29) is 52.4 Å². The summed E-state index contributed by atoms with van der Waals surface area (Å²) in [6, 6.07) is 2.37. The molecule has 0 radical (unpaired) electrons. The van der Waals surface area contributed by atoms with Crippen LogP contribution < -0.4 is 18.9 Å². The minimum absolute atomic E-state index is 0.0146. The van der Waals surface area contributed by atoms with Crippen LogP contribution in [0.4, 0.5) is 0 Å². The van der Waals surface area contributed by atoms with Crippen molar-refractivity contribution in [3.05, 3.63) is 30.4 Å². The molecule has 2 aliphatic rings. The Morgan fingerprint density at radius 2 is 1.03 bits per heavy atom. The molecule has 0 aliphatic carbocycles. The number of rotatable bonds is 5. The van der Waals surface area contributed by atoms with Gasteiger partial charge in [-0.1, -0.05) is 0 Å². The van der Waals surface area contributed by atoms with Crippen LogP contribution in [0.5, 0.6) is 23.0 Å². The third kappa shape index (κ3) is 3.07. The van der Waals surface area contributed by atoms with Crippen molar-refractivity contribution in [3.63, 3.8) is 0 Å². The minimum atomic E-state index is -5.44. The van der Waals surface area contributed by atoms with Crippen molar-refractivity contribution in [1.29, 1.82) is 0 Å². The Hall–Kier alpha value is -2.44. The van der Waals surface area contributed by atoms with Gasteiger partial charge in [0, 0.05) is 0 Å². The number of hydrogen-bond acceptors (Lipinski definition) is 10. The van der Waals surface area contributed by atoms with Gasteiger partial charge in [-0.05, 0) is 0 Å². The van der Waals surface area contributed by atoms with E-state index in [2.05, 4.69) is 6.13 Å². The molecule has 2 aromatic rings. The normalized spacial score (nSPS) is 27.2. The Morgan fingerprint density at radius 3 is 1.31 bits per heavy atom. The average molecular weight is 678 g/mol. The van der Waals surface area contributed by atoms with Crippen molar-refractivity contribution in [2.45, 2.75) is 0 Å². The number of fused-ring (bicyclic) bond motifs is 2. The summed E-state index contributed by atoms with van der Waals surface area (Å²) in [4.78, 5) is 24.3. The van der Waals surface area contributed by atoms with Gasteiger partial charge in [0.1, 0.15) is 0 Å². The summed E-state index contributed by atoms with van der Waals surface area (Å²) < 4.78 is 76.3. The van der Waals surface area contributed by atoms with Crippen molar-refractivity contribution in [2.75, 3.05) is 28.4 Å². The fraction of sp³-hybridized carbons (Fsp3) is 0.222. The number of benzene rings is 2. The quantitative estimate of drug-likeness (QED) is 0.445. The van der Waals surface area contributed by atoms with Gasteiger partial charge < -0.3 is 0 Å². The first-order valence-electron chi connectivity index (χ1n) is 8.50. The van der Waals surface area contributed by atoms with E-state index in [0.29, 0.717) is 0 Å². The Labute approximate surface area is 190 Å². The number of carbonyl (C=O) groups excluding carboxylic acids is 2. The maximum absolute atomic E-state index is 12.7. The Balaban J connectivity index is 2.21. The molecular formula is C18H16I2O12. The van der Waals surface area contributed by atoms with E-state index in [1.54, 1.807) is 0 Å². The van der Waals surface area contributed by atoms with Crippen LogP contribution in [-0.2, 0) is 12.3 Å². The van der Waals surface area contributed by atoms with Crippen molar-refractivity contribution in [1.82, 2.24) is 0 Å². The zero-order chi connectivity index (χ0) is 23.6. The van der Waals surface area contributed by atoms with Gasteiger partial charge >= 0.3 is 191 Å². The molecule has 12 nitrogen and oxygen atoms in total. The fourth-order valence-electron chi connectivity index (χ4n) is 3.52. The SMILES string of the molecule is COc1cc2c(c(OC)c1-c1c(OC)cc3c(c1OC)I(=O)(O)OC3=O)I(=O)(O)OC2=O. The Bertz CT molecular complexity index is 1200. The summed E-state index contributed by atoms with van der Waals surface area (Å²) in [6.45, 7) is 0. The first-order valence-corrected chi connectivity index (χ1v) is 16.1. The van der Waals surface area contributed by atoms with Gasteiger partial charge in [-0.25, -0.2) is 0 Å². The molecule has 32 heavy (non-hydrogen) atoms. The molecule has 0 saturated heterocycles. The first kappa shape index (κ1) is 22.7. The molecule has 0 spiro atoms. The molecule has 0 saturated carbocycles. The molecule has 4 rings (SSSR count). The number of halogens is 2. The molecule has 0 fully saturated rings. The van der Waals surface area contributed by atoms with Gasteiger partial charge in [0.05, 0.1) is 0 Å². The molecule has 2 heterocycles. The molecular weight excluding hydrogens is 662 g/mol. The monoisotopic (exact) mass is 678 g/mol. The van der Waals surface area contributed by atoms with E-state index >= 15 is 0 Å². The molecule has 0 amide bonds. The van der Waals surface area contributed by atoms with Crippen molar-refractivity contribution >= 4 is 50.4 Å². The molecule has 0 aromatic heterocycles. The van der Waals surface area contributed by atoms with Crippen molar-refractivity contribution in [2.24, 2.45) is 0 Å². The van der Waals surface area contributed by atoms with Crippen LogP contribution in [0, 0.1) is 7.14 Å². The van der Waals surface area contributed by atoms with Crippen LogP contribution in [0.15, 0.2) is 12.1 Å². The summed E-state index contributed by atoms with van der Waals surface area (Å²) in [7, 11) is 4.93. The molecule has 2 aromatic carbocycles. The molecule has 14 heteroatoms. The summed E-state index contributed by atoms with van der Waals surface area (Å²) in [6.07, 6.45) is 0. The van der Waals surface area contributed by atoms with Crippen molar-refractivity contribution < 1.29 is 47.7 Å². The van der Waals surface area contributed by atoms with E-state index in [1.807, 2.05) is 0 Å². The van der Waals surface area contributed by atoms with Crippen LogP contribution >= 0.6 is 38.5 Å². The summed E-state index contributed by atoms with van der Waals surface area (Å²) in [5, 5.41) is 0. The second-order valence-electron chi connectivity index (χ2n) is 6.31. The third-order valence-electron chi connectivity index (χ3n) is 4.73. The maximum atomic E-state index is 12.7. The molecule has 2 aliphatic heterocycles. The second kappa shape index (κ2) is 7.56. The van der Waals surface area contributed by atoms with Gasteiger partial charge in [0.25, 0.3) is 0 Å². The van der Waals surface area contributed by atoms with E-state index in [0.717, 1.165) is 0 Å². The molecule has 2 N–H and O–H groups in total. The molecule has 0 bridgehead atoms. The standard InChI is InChI=1S/C18H16I2O12/c1-27-9-5-7-13(19(23,24)31-17(7)21)15(29-3)11(9)12-10(28-2)6-8-14(16(12)30-4)20(25,26)32-18(8)22/h5-6H,1-4H3,(H,23,24)(H,25,26). The van der Waals surface area contributed by atoms with Crippen LogP contribution in [0.3, 0.4) is 0 Å². The summed E-state index contributed by atoms with van der Waals surface area (Å²) >= 11 is -10.9. The number of methoxy groups -OCH3 is 4. The first-order chi connectivity index (χ1) is 15.0. The van der Waals surface area contributed by atoms with Crippen LogP contribution in [0.2, 0.25) is 0 Å². The molecule has 2 unspecified atom stereocenters. The third-order valence-corrected chi connectivity index (χ3v) is 11.6. The second-order valence-corrected chi connectivity index (χ2v) is 14.4. The van der Waals surface area contributed by atoms with Crippen LogP contribution in [0.25, 0.3) is 11.1 Å². The van der Waals surface area contributed by atoms with Gasteiger partial charge in [-0.15, -0.1) is 0 Å². The molecule has 174 valence electrons. The predicted octanol–water partition coefficient (Wildman–Crippen LogP) is 2.49. The number of hydrogen-bond donors (Lipinski definition) is 2. The van der Waals surface area contributed by atoms with E-state index in [1.165, 1.54) is 40.6 Å². The number of carbonyl (C=O) groups is 2. The zero-order valence-electron chi connectivity index (χ0n) is 16.9. The predicted molar refractivity (Wildman–Crippen MR) is 120 cm³/mol. The fourth-order valence-corrected chi connectivity index (χ4v) is 9.96. The zero-order valence-corrected chi connectivity index (χ0v) is 21.2. The Kier molecular flexibility index (Phi) is 5.37. The topological polar surface area (TPSA) is 164 Å². The van der Waals surface area contributed by atoms with Crippen LogP contribution in [0.1, 0.15) is 20.7 Å². The average Bonchev–Trinajstić information content (AvgIpc) is 3.11. The van der Waals surface area contributed by atoms with Gasteiger partial charge in [-0.2, -0.15) is 0 Å². The van der Waals surface area contributed by atoms with E-state index < -0.39 is 50.4 Å². The molecule has 2 atom stereocenters. The van der Waals surface area contributed by atoms with Gasteiger partial charge in [0.15, 0.2) is 0 Å². The van der Waals surface area contributed by atoms with Gasteiger partial charge in [0.2, 0.25) is 0 Å². The summed E-state index contributed by atoms with van der Waals surface area (Å²) in [5.74, 6) is -2.57.